The number of nitrogens with zero attached hydrogens (tertiary/aromatic N) is 2. The molecule has 22 heavy (non-hydrogen) atoms. The molecule has 4 nitrogen and oxygen atoms in total. The number of aliphatic hydroxyl groups is 1. The van der Waals surface area contributed by atoms with Crippen molar-refractivity contribution < 1.29 is 13.9 Å². The molecule has 1 heterocycles. The van der Waals surface area contributed by atoms with Crippen molar-refractivity contribution in [2.45, 2.75) is 25.4 Å². The van der Waals surface area contributed by atoms with Crippen LogP contribution >= 0.6 is 0 Å². The van der Waals surface area contributed by atoms with Gasteiger partial charge in [0.25, 0.3) is 0 Å². The Hall–Kier alpha value is -2.08. The van der Waals surface area contributed by atoms with E-state index in [4.69, 9.17) is 0 Å². The number of aromatic nitrogens is 2. The SMILES string of the molecule is O[C@H]1CCC[C@@H]1CNc1ccc(-c2c(F)cccc2F)nn1. The van der Waals surface area contributed by atoms with Gasteiger partial charge in [-0.25, -0.2) is 8.78 Å². The fourth-order valence-corrected chi connectivity index (χ4v) is 2.79. The van der Waals surface area contributed by atoms with Crippen LogP contribution in [0.1, 0.15) is 19.3 Å². The van der Waals surface area contributed by atoms with Crippen molar-refractivity contribution >= 4 is 5.82 Å². The monoisotopic (exact) mass is 305 g/mol. The summed E-state index contributed by atoms with van der Waals surface area (Å²) in [4.78, 5) is 0. The van der Waals surface area contributed by atoms with Gasteiger partial charge in [-0.3, -0.25) is 0 Å². The number of benzene rings is 1. The van der Waals surface area contributed by atoms with Gasteiger partial charge >= 0.3 is 0 Å². The van der Waals surface area contributed by atoms with E-state index in [-0.39, 0.29) is 23.3 Å². The molecule has 1 aliphatic carbocycles. The Kier molecular flexibility index (Phi) is 4.29. The van der Waals surface area contributed by atoms with Crippen molar-refractivity contribution in [3.63, 3.8) is 0 Å². The van der Waals surface area contributed by atoms with E-state index in [1.54, 1.807) is 6.07 Å². The van der Waals surface area contributed by atoms with Crippen LogP contribution in [0.3, 0.4) is 0 Å². The highest BCUT2D eigenvalue weighted by molar-refractivity contribution is 5.61. The normalized spacial score (nSPS) is 21.0. The maximum atomic E-state index is 13.7. The van der Waals surface area contributed by atoms with Gasteiger partial charge in [-0.1, -0.05) is 12.5 Å². The lowest BCUT2D eigenvalue weighted by atomic mass is 10.1. The molecule has 0 unspecified atom stereocenters. The van der Waals surface area contributed by atoms with Gasteiger partial charge in [-0.15, -0.1) is 10.2 Å². The average molecular weight is 305 g/mol. The van der Waals surface area contributed by atoms with E-state index in [0.29, 0.717) is 12.4 Å². The van der Waals surface area contributed by atoms with Gasteiger partial charge in [0.1, 0.15) is 17.5 Å². The molecule has 1 aromatic carbocycles. The van der Waals surface area contributed by atoms with Crippen molar-refractivity contribution in [3.8, 4) is 11.3 Å². The number of nitrogens with one attached hydrogen (secondary N) is 1. The summed E-state index contributed by atoms with van der Waals surface area (Å²) in [5, 5.41) is 20.7. The Bertz CT molecular complexity index is 628. The van der Waals surface area contributed by atoms with Crippen molar-refractivity contribution in [1.29, 1.82) is 0 Å². The molecule has 6 heteroatoms. The molecule has 3 rings (SSSR count). The zero-order valence-electron chi connectivity index (χ0n) is 12.0. The summed E-state index contributed by atoms with van der Waals surface area (Å²) >= 11 is 0. The lowest BCUT2D eigenvalue weighted by molar-refractivity contribution is 0.138. The molecule has 1 fully saturated rings. The first-order valence-corrected chi connectivity index (χ1v) is 7.35. The molecule has 1 aromatic heterocycles. The van der Waals surface area contributed by atoms with Crippen molar-refractivity contribution in [2.75, 3.05) is 11.9 Å². The maximum Gasteiger partial charge on any atom is 0.148 e. The number of halogens is 2. The van der Waals surface area contributed by atoms with Gasteiger partial charge in [0.15, 0.2) is 0 Å². The smallest absolute Gasteiger partial charge is 0.148 e. The van der Waals surface area contributed by atoms with Crippen molar-refractivity contribution in [3.05, 3.63) is 42.0 Å². The van der Waals surface area contributed by atoms with E-state index in [2.05, 4.69) is 15.5 Å². The number of hydrogen-bond donors (Lipinski definition) is 2. The minimum Gasteiger partial charge on any atom is -0.393 e. The number of hydrogen-bond acceptors (Lipinski definition) is 4. The summed E-state index contributed by atoms with van der Waals surface area (Å²) in [5.41, 5.74) is -0.0187. The lowest BCUT2D eigenvalue weighted by Gasteiger charge is -2.15. The third kappa shape index (κ3) is 3.06. The summed E-state index contributed by atoms with van der Waals surface area (Å²) in [5.74, 6) is -0.585. The minimum absolute atomic E-state index is 0.155. The highest BCUT2D eigenvalue weighted by Gasteiger charge is 2.24. The first-order chi connectivity index (χ1) is 10.6. The van der Waals surface area contributed by atoms with E-state index < -0.39 is 11.6 Å². The molecule has 0 radical (unpaired) electrons. The lowest BCUT2D eigenvalue weighted by Crippen LogP contribution is -2.22. The summed E-state index contributed by atoms with van der Waals surface area (Å²) in [6.07, 6.45) is 2.58. The predicted octanol–water partition coefficient (Wildman–Crippen LogP) is 2.99. The van der Waals surface area contributed by atoms with Crippen molar-refractivity contribution in [1.82, 2.24) is 10.2 Å². The van der Waals surface area contributed by atoms with Crippen LogP contribution in [0.2, 0.25) is 0 Å². The number of anilines is 1. The molecular formula is C16H17F2N3O. The Morgan fingerprint density at radius 1 is 1.09 bits per heavy atom. The van der Waals surface area contributed by atoms with Crippen LogP contribution in [0.4, 0.5) is 14.6 Å². The van der Waals surface area contributed by atoms with E-state index in [1.165, 1.54) is 24.3 Å². The molecule has 0 amide bonds. The number of rotatable bonds is 4. The summed E-state index contributed by atoms with van der Waals surface area (Å²) in [6, 6.07) is 6.85. The molecule has 0 bridgehead atoms. The molecule has 0 saturated heterocycles. The van der Waals surface area contributed by atoms with Crippen molar-refractivity contribution in [2.24, 2.45) is 5.92 Å². The van der Waals surface area contributed by atoms with Gasteiger partial charge in [0.2, 0.25) is 0 Å². The topological polar surface area (TPSA) is 58.0 Å². The quantitative estimate of drug-likeness (QED) is 0.911. The van der Waals surface area contributed by atoms with Crippen LogP contribution in [0.15, 0.2) is 30.3 Å². The summed E-state index contributed by atoms with van der Waals surface area (Å²) < 4.78 is 27.4. The van der Waals surface area contributed by atoms with E-state index in [9.17, 15) is 13.9 Å². The van der Waals surface area contributed by atoms with Crippen LogP contribution in [0.25, 0.3) is 11.3 Å². The second kappa shape index (κ2) is 6.36. The fraction of sp³-hybridized carbons (Fsp3) is 0.375. The van der Waals surface area contributed by atoms with E-state index in [1.807, 2.05) is 0 Å². The Morgan fingerprint density at radius 2 is 1.86 bits per heavy atom. The fourth-order valence-electron chi connectivity index (χ4n) is 2.79. The summed E-state index contributed by atoms with van der Waals surface area (Å²) in [6.45, 7) is 0.614. The zero-order valence-corrected chi connectivity index (χ0v) is 12.0. The standard InChI is InChI=1S/C16H17F2N3O/c17-11-4-2-5-12(18)16(11)13-7-8-15(21-20-13)19-9-10-3-1-6-14(10)22/h2,4-5,7-8,10,14,22H,1,3,6,9H2,(H,19,21)/t10-,14+/m1/s1. The van der Waals surface area contributed by atoms with Gasteiger partial charge in [0.05, 0.1) is 17.4 Å². The van der Waals surface area contributed by atoms with Crippen LogP contribution in [-0.4, -0.2) is 28.0 Å². The second-order valence-electron chi connectivity index (χ2n) is 5.54. The molecule has 1 saturated carbocycles. The highest BCUT2D eigenvalue weighted by atomic mass is 19.1. The van der Waals surface area contributed by atoms with E-state index in [0.717, 1.165) is 19.3 Å². The van der Waals surface area contributed by atoms with E-state index >= 15 is 0 Å². The Morgan fingerprint density at radius 3 is 2.45 bits per heavy atom. The minimum atomic E-state index is -0.663. The summed E-state index contributed by atoms with van der Waals surface area (Å²) in [7, 11) is 0. The molecule has 116 valence electrons. The first kappa shape index (κ1) is 14.8. The largest absolute Gasteiger partial charge is 0.393 e. The van der Waals surface area contributed by atoms with Gasteiger partial charge in [-0.2, -0.15) is 0 Å². The van der Waals surface area contributed by atoms with Crippen LogP contribution in [0.5, 0.6) is 0 Å². The van der Waals surface area contributed by atoms with Crippen LogP contribution in [-0.2, 0) is 0 Å². The second-order valence-corrected chi connectivity index (χ2v) is 5.54. The van der Waals surface area contributed by atoms with Gasteiger partial charge < -0.3 is 10.4 Å². The number of aliphatic hydroxyl groups excluding tert-OH is 1. The first-order valence-electron chi connectivity index (χ1n) is 7.35. The third-order valence-electron chi connectivity index (χ3n) is 4.05. The predicted molar refractivity (Wildman–Crippen MR) is 79.2 cm³/mol. The van der Waals surface area contributed by atoms with Crippen LogP contribution in [0, 0.1) is 17.6 Å². The molecule has 1 aliphatic rings. The maximum absolute atomic E-state index is 13.7. The average Bonchev–Trinajstić information content (AvgIpc) is 2.91. The molecular weight excluding hydrogens is 288 g/mol. The molecule has 2 N–H and O–H groups in total. The zero-order chi connectivity index (χ0) is 15.5. The molecule has 0 aliphatic heterocycles. The Balaban J connectivity index is 1.70. The van der Waals surface area contributed by atoms with Gasteiger partial charge in [-0.05, 0) is 37.1 Å². The van der Waals surface area contributed by atoms with Crippen LogP contribution < -0.4 is 5.32 Å². The molecule has 2 atom stereocenters. The highest BCUT2D eigenvalue weighted by Crippen LogP contribution is 2.26. The Labute approximate surface area is 127 Å². The molecule has 2 aromatic rings. The molecule has 0 spiro atoms. The third-order valence-corrected chi connectivity index (χ3v) is 4.05. The van der Waals surface area contributed by atoms with Gasteiger partial charge in [0, 0.05) is 12.5 Å².